The molecular formula is C92H112BN5O7. The number of phenols is 2. The van der Waals surface area contributed by atoms with E-state index < -0.39 is 0 Å². The molecule has 9 aliphatic carbocycles. The molecule has 9 N–H and O–H groups in total. The summed E-state index contributed by atoms with van der Waals surface area (Å²) in [5, 5.41) is 29.0. The molecule has 10 aliphatic rings. The molecule has 8 aromatic rings. The summed E-state index contributed by atoms with van der Waals surface area (Å²) in [6.07, 6.45) is 11.7. The van der Waals surface area contributed by atoms with E-state index >= 15 is 0 Å². The number of hydrogen-bond acceptors (Lipinski definition) is 10. The zero-order valence-electron chi connectivity index (χ0n) is 62.7. The van der Waals surface area contributed by atoms with Gasteiger partial charge in [-0.1, -0.05) is 176 Å². The normalized spacial score (nSPS) is 21.9. The summed E-state index contributed by atoms with van der Waals surface area (Å²) in [5.74, 6) is 6.55. The molecule has 0 aromatic heterocycles. The van der Waals surface area contributed by atoms with E-state index in [1.807, 2.05) is 100 Å². The number of nitrogen functional groups attached to an aromatic ring is 2. The molecule has 0 saturated carbocycles. The fourth-order valence-electron chi connectivity index (χ4n) is 17.5. The number of aromatic hydroxyl groups is 2. The van der Waals surface area contributed by atoms with Crippen LogP contribution in [0.4, 0.5) is 28.4 Å². The van der Waals surface area contributed by atoms with E-state index in [1.165, 1.54) is 110 Å². The highest BCUT2D eigenvalue weighted by atomic mass is 16.7. The van der Waals surface area contributed by atoms with Gasteiger partial charge in [-0.25, -0.2) is 0 Å². The second-order valence-corrected chi connectivity index (χ2v) is 31.8. The molecule has 2 amide bonds. The van der Waals surface area contributed by atoms with Crippen molar-refractivity contribution >= 4 is 59.1 Å². The lowest BCUT2D eigenvalue weighted by Gasteiger charge is -2.46. The lowest BCUT2D eigenvalue weighted by molar-refractivity contribution is -0.115. The molecule has 0 radical (unpaired) electrons. The zero-order chi connectivity index (χ0) is 73.7. The second kappa shape index (κ2) is 31.7. The largest absolute Gasteiger partial charge is 0.508 e. The summed E-state index contributed by atoms with van der Waals surface area (Å²) in [6.45, 7) is 32.2. The highest BCUT2D eigenvalue weighted by Crippen LogP contribution is 2.61. The van der Waals surface area contributed by atoms with Gasteiger partial charge in [0.15, 0.2) is 0 Å². The number of phenolic OH excluding ortho intramolecular Hbond substituents is 2. The Balaban J connectivity index is 0.000000155. The summed E-state index contributed by atoms with van der Waals surface area (Å²) >= 11 is 0. The van der Waals surface area contributed by atoms with Crippen LogP contribution in [0.25, 0.3) is 44.5 Å². The number of nitrogens with two attached hydrogens (primary N) is 2. The van der Waals surface area contributed by atoms with Gasteiger partial charge in [-0.05, 0) is 248 Å². The molecule has 1 heterocycles. The Morgan fingerprint density at radius 3 is 1.10 bits per heavy atom. The summed E-state index contributed by atoms with van der Waals surface area (Å²) in [4.78, 5) is 33.3. The van der Waals surface area contributed by atoms with Gasteiger partial charge in [0.25, 0.3) is 0 Å². The molecule has 1 fully saturated rings. The smallest absolute Gasteiger partial charge is 0.494 e. The van der Waals surface area contributed by atoms with Crippen molar-refractivity contribution < 1.29 is 33.9 Å². The first-order chi connectivity index (χ1) is 49.0. The minimum Gasteiger partial charge on any atom is -0.508 e. The SMILES string of the molecule is C.C.CC(=O)Nc1ccc(-c2ccc(-c3ccc(NC(C)=O)cc3)c3c2C2CC(C(C)C)C3C=C2C)cc1.CC1(C)OB(c2ccc(NCC=O)cc2)OC1(C)C.CC1=CC2c3c(-c4ccc(N)cc4)ccc(-c4ccc(N)cc4)c3C1CC2C(C)C.CC1=CC2c3c(O)ccc(O)c3C1CC2C(C)C. The van der Waals surface area contributed by atoms with Crippen molar-refractivity contribution in [2.24, 2.45) is 35.5 Å². The van der Waals surface area contributed by atoms with Gasteiger partial charge in [-0.2, -0.15) is 0 Å². The van der Waals surface area contributed by atoms with Crippen molar-refractivity contribution in [2.45, 2.75) is 185 Å². The predicted octanol–water partition coefficient (Wildman–Crippen LogP) is 21.5. The topological polar surface area (TPSA) is 198 Å². The van der Waals surface area contributed by atoms with Gasteiger partial charge in [0.2, 0.25) is 11.8 Å². The Bertz CT molecular complexity index is 4550. The van der Waals surface area contributed by atoms with Crippen LogP contribution in [0.5, 0.6) is 11.5 Å². The van der Waals surface area contributed by atoms with Gasteiger partial charge in [0.05, 0.1) is 17.7 Å². The fraction of sp³-hybridized carbons (Fsp3) is 0.380. The summed E-state index contributed by atoms with van der Waals surface area (Å²) in [6, 6.07) is 53.3. The number of nitrogens with one attached hydrogen (secondary N) is 3. The molecule has 9 unspecified atom stereocenters. The van der Waals surface area contributed by atoms with Crippen LogP contribution in [0.15, 0.2) is 193 Å². The third-order valence-corrected chi connectivity index (χ3v) is 23.6. The van der Waals surface area contributed by atoms with Crippen LogP contribution in [0, 0.1) is 35.5 Å². The van der Waals surface area contributed by atoms with Gasteiger partial charge in [0.1, 0.15) is 17.8 Å². The van der Waals surface area contributed by atoms with E-state index in [-0.39, 0.29) is 56.8 Å². The van der Waals surface area contributed by atoms with Crippen LogP contribution in [0.2, 0.25) is 0 Å². The molecule has 6 bridgehead atoms. The zero-order valence-corrected chi connectivity index (χ0v) is 62.7. The monoisotopic (exact) mass is 1410 g/mol. The average Bonchev–Trinajstić information content (AvgIpc) is 1.55. The number of carbonyl (C=O) groups excluding carboxylic acids is 3. The molecule has 550 valence electrons. The molecule has 13 heteroatoms. The Kier molecular flexibility index (Phi) is 23.6. The number of carbonyl (C=O) groups is 3. The van der Waals surface area contributed by atoms with Gasteiger partial charge in [-0.3, -0.25) is 9.59 Å². The van der Waals surface area contributed by atoms with Crippen LogP contribution < -0.4 is 32.9 Å². The maximum Gasteiger partial charge on any atom is 0.494 e. The Labute approximate surface area is 625 Å². The minimum atomic E-state index is -0.342. The highest BCUT2D eigenvalue weighted by molar-refractivity contribution is 6.62. The van der Waals surface area contributed by atoms with Gasteiger partial charge >= 0.3 is 7.12 Å². The third kappa shape index (κ3) is 15.8. The van der Waals surface area contributed by atoms with Gasteiger partial charge in [0, 0.05) is 88.9 Å². The quantitative estimate of drug-likeness (QED) is 0.0192. The number of anilines is 5. The number of fused-ring (bicyclic) bond motifs is 3. The average molecular weight is 1410 g/mol. The summed E-state index contributed by atoms with van der Waals surface area (Å²) in [7, 11) is -0.342. The number of amides is 2. The number of hydrogen-bond donors (Lipinski definition) is 7. The van der Waals surface area contributed by atoms with Crippen molar-refractivity contribution in [1.82, 2.24) is 0 Å². The molecular weight excluding hydrogens is 1300 g/mol. The van der Waals surface area contributed by atoms with E-state index in [9.17, 15) is 24.6 Å². The van der Waals surface area contributed by atoms with Crippen molar-refractivity contribution in [3.05, 3.63) is 226 Å². The van der Waals surface area contributed by atoms with Gasteiger partial charge in [-0.15, -0.1) is 0 Å². The maximum atomic E-state index is 11.5. The molecule has 8 aromatic carbocycles. The standard InChI is InChI=1S/C32H34N2O2.C28H30N2.C16H20O2.C14H20BNO3.2CH4/c1-18(2)28-17-29-19(3)16-30(28)32-27(23-8-12-25(13-9-23)34-21(5)36)15-14-26(31(29)32)22-6-10-24(11-7-22)33-20(4)35;1-16(2)24-15-25-17(3)14-26(24)28-23(19-6-10-21(30)11-7-19)13-12-22(27(25)28)18-4-8-20(29)9-5-18;1-8(2)10-7-11-9(3)6-12(10)16-14(18)5-4-13(17)15(11)16;1-13(2)14(3,4)19-15(18-13)11-5-7-12(8-6-11)16-9-10-17;;/h6-16,18,28-30H,17H2,1-5H3,(H,33,35)(H,34,36);4-14,16,24-26H,15,29-30H2,1-3H3;4-6,8,10-12,17-18H,7H2,1-3H3;5-8,10,16H,9H2,1-4H3;2*1H4. The molecule has 18 rings (SSSR count). The van der Waals surface area contributed by atoms with Crippen molar-refractivity contribution in [1.29, 1.82) is 0 Å². The number of rotatable bonds is 13. The molecule has 9 atom stereocenters. The Morgan fingerprint density at radius 1 is 0.457 bits per heavy atom. The first kappa shape index (κ1) is 78.2. The van der Waals surface area contributed by atoms with Crippen molar-refractivity contribution in [3.63, 3.8) is 0 Å². The van der Waals surface area contributed by atoms with E-state index in [1.54, 1.807) is 12.1 Å². The van der Waals surface area contributed by atoms with Crippen LogP contribution in [0.3, 0.4) is 0 Å². The van der Waals surface area contributed by atoms with E-state index in [2.05, 4.69) is 169 Å². The van der Waals surface area contributed by atoms with E-state index in [0.717, 1.165) is 57.7 Å². The van der Waals surface area contributed by atoms with Crippen LogP contribution in [0.1, 0.15) is 207 Å². The fourth-order valence-corrected chi connectivity index (χ4v) is 17.5. The Hall–Kier alpha value is -9.43. The van der Waals surface area contributed by atoms with Crippen LogP contribution in [-0.2, 0) is 23.7 Å². The maximum absolute atomic E-state index is 11.5. The predicted molar refractivity (Wildman–Crippen MR) is 439 cm³/mol. The van der Waals surface area contributed by atoms with E-state index in [0.29, 0.717) is 77.2 Å². The number of aldehydes is 1. The lowest BCUT2D eigenvalue weighted by Crippen LogP contribution is -2.41. The van der Waals surface area contributed by atoms with E-state index in [4.69, 9.17) is 20.8 Å². The number of allylic oxidation sites excluding steroid dienone is 6. The molecule has 12 nitrogen and oxygen atoms in total. The van der Waals surface area contributed by atoms with Crippen molar-refractivity contribution in [3.8, 4) is 56.0 Å². The summed E-state index contributed by atoms with van der Waals surface area (Å²) < 4.78 is 11.9. The first-order valence-electron chi connectivity index (χ1n) is 37.1. The van der Waals surface area contributed by atoms with Crippen molar-refractivity contribution in [2.75, 3.05) is 34.0 Å². The molecule has 0 spiro atoms. The first-order valence-corrected chi connectivity index (χ1v) is 37.1. The second-order valence-electron chi connectivity index (χ2n) is 31.8. The Morgan fingerprint density at radius 2 is 0.762 bits per heavy atom. The minimum absolute atomic E-state index is 0. The highest BCUT2D eigenvalue weighted by Gasteiger charge is 2.52. The lowest BCUT2D eigenvalue weighted by atomic mass is 9.58. The molecule has 1 saturated heterocycles. The van der Waals surface area contributed by atoms with Crippen LogP contribution >= 0.6 is 0 Å². The molecule has 105 heavy (non-hydrogen) atoms. The third-order valence-electron chi connectivity index (χ3n) is 23.6. The summed E-state index contributed by atoms with van der Waals surface area (Å²) in [5.41, 5.74) is 38.8. The van der Waals surface area contributed by atoms with Gasteiger partial charge < -0.3 is 51.7 Å². The number of benzene rings is 8. The van der Waals surface area contributed by atoms with Crippen LogP contribution in [-0.4, -0.2) is 53.2 Å². The molecule has 1 aliphatic heterocycles.